The molecular formula is C13H16FNS. The van der Waals surface area contributed by atoms with Crippen LogP contribution in [0.25, 0.3) is 10.1 Å². The first-order chi connectivity index (χ1) is 7.66. The fourth-order valence-corrected chi connectivity index (χ4v) is 2.77. The fourth-order valence-electron chi connectivity index (χ4n) is 1.75. The number of fused-ring (bicyclic) bond motifs is 1. The quantitative estimate of drug-likeness (QED) is 0.857. The number of benzene rings is 1. The molecule has 0 aliphatic rings. The second-order valence-corrected chi connectivity index (χ2v) is 5.17. The molecular weight excluding hydrogens is 221 g/mol. The highest BCUT2D eigenvalue weighted by Crippen LogP contribution is 2.26. The minimum absolute atomic E-state index is 0.152. The molecule has 0 atom stereocenters. The zero-order valence-electron chi connectivity index (χ0n) is 9.59. The predicted molar refractivity (Wildman–Crippen MR) is 68.6 cm³/mol. The van der Waals surface area contributed by atoms with Gasteiger partial charge in [-0.2, -0.15) is 0 Å². The van der Waals surface area contributed by atoms with Crippen LogP contribution in [0, 0.1) is 5.82 Å². The standard InChI is InChI=1S/C13H16FNS/c1-9(2)15-6-5-10-8-16-13-7-11(14)3-4-12(10)13/h3-4,7-9,15H,5-6H2,1-2H3. The van der Waals surface area contributed by atoms with Crippen LogP contribution in [0.2, 0.25) is 0 Å². The fraction of sp³-hybridized carbons (Fsp3) is 0.385. The molecule has 2 rings (SSSR count). The second kappa shape index (κ2) is 4.93. The summed E-state index contributed by atoms with van der Waals surface area (Å²) in [5.74, 6) is -0.152. The van der Waals surface area contributed by atoms with Crippen LogP contribution in [0.3, 0.4) is 0 Å². The van der Waals surface area contributed by atoms with Crippen LogP contribution in [0.5, 0.6) is 0 Å². The van der Waals surface area contributed by atoms with Gasteiger partial charge < -0.3 is 5.32 Å². The van der Waals surface area contributed by atoms with E-state index < -0.39 is 0 Å². The number of hydrogen-bond donors (Lipinski definition) is 1. The number of thiophene rings is 1. The largest absolute Gasteiger partial charge is 0.314 e. The van der Waals surface area contributed by atoms with Crippen molar-refractivity contribution in [3.8, 4) is 0 Å². The Balaban J connectivity index is 2.13. The first-order valence-corrected chi connectivity index (χ1v) is 6.44. The van der Waals surface area contributed by atoms with Gasteiger partial charge in [0.25, 0.3) is 0 Å². The van der Waals surface area contributed by atoms with E-state index in [-0.39, 0.29) is 5.82 Å². The minimum atomic E-state index is -0.152. The van der Waals surface area contributed by atoms with E-state index in [1.165, 1.54) is 17.0 Å². The molecule has 1 heterocycles. The van der Waals surface area contributed by atoms with Crippen molar-refractivity contribution in [3.63, 3.8) is 0 Å². The number of halogens is 1. The Kier molecular flexibility index (Phi) is 3.56. The topological polar surface area (TPSA) is 12.0 Å². The third-order valence-corrected chi connectivity index (χ3v) is 3.56. The van der Waals surface area contributed by atoms with Gasteiger partial charge in [-0.25, -0.2) is 4.39 Å². The van der Waals surface area contributed by atoms with Crippen LogP contribution in [-0.4, -0.2) is 12.6 Å². The summed E-state index contributed by atoms with van der Waals surface area (Å²) in [5.41, 5.74) is 1.31. The van der Waals surface area contributed by atoms with Gasteiger partial charge >= 0.3 is 0 Å². The van der Waals surface area contributed by atoms with Gasteiger partial charge in [0.1, 0.15) is 5.82 Å². The molecule has 0 unspecified atom stereocenters. The smallest absolute Gasteiger partial charge is 0.124 e. The Morgan fingerprint density at radius 2 is 2.19 bits per heavy atom. The van der Waals surface area contributed by atoms with Crippen LogP contribution in [0.15, 0.2) is 23.6 Å². The van der Waals surface area contributed by atoms with E-state index >= 15 is 0 Å². The molecule has 0 bridgehead atoms. The van der Waals surface area contributed by atoms with Crippen molar-refractivity contribution in [2.45, 2.75) is 26.3 Å². The van der Waals surface area contributed by atoms with Gasteiger partial charge in [-0.15, -0.1) is 11.3 Å². The van der Waals surface area contributed by atoms with Crippen LogP contribution < -0.4 is 5.32 Å². The van der Waals surface area contributed by atoms with Crippen LogP contribution in [0.1, 0.15) is 19.4 Å². The SMILES string of the molecule is CC(C)NCCc1csc2cc(F)ccc12. The molecule has 1 aromatic heterocycles. The Labute approximate surface area is 99.3 Å². The lowest BCUT2D eigenvalue weighted by atomic mass is 10.1. The van der Waals surface area contributed by atoms with E-state index in [9.17, 15) is 4.39 Å². The molecule has 2 aromatic rings. The van der Waals surface area contributed by atoms with E-state index in [4.69, 9.17) is 0 Å². The number of nitrogens with one attached hydrogen (secondary N) is 1. The van der Waals surface area contributed by atoms with Crippen molar-refractivity contribution >= 4 is 21.4 Å². The van der Waals surface area contributed by atoms with Gasteiger partial charge in [0.15, 0.2) is 0 Å². The zero-order valence-corrected chi connectivity index (χ0v) is 10.4. The summed E-state index contributed by atoms with van der Waals surface area (Å²) in [7, 11) is 0. The highest BCUT2D eigenvalue weighted by Gasteiger charge is 2.04. The van der Waals surface area contributed by atoms with Crippen molar-refractivity contribution in [1.82, 2.24) is 5.32 Å². The molecule has 3 heteroatoms. The first-order valence-electron chi connectivity index (χ1n) is 5.56. The third-order valence-electron chi connectivity index (χ3n) is 2.56. The molecule has 0 saturated heterocycles. The van der Waals surface area contributed by atoms with Crippen LogP contribution >= 0.6 is 11.3 Å². The summed E-state index contributed by atoms with van der Waals surface area (Å²) in [6.45, 7) is 5.25. The van der Waals surface area contributed by atoms with Crippen molar-refractivity contribution in [3.05, 3.63) is 35.0 Å². The average Bonchev–Trinajstić information content (AvgIpc) is 2.60. The van der Waals surface area contributed by atoms with Gasteiger partial charge in [-0.3, -0.25) is 0 Å². The normalized spacial score (nSPS) is 11.5. The first kappa shape index (κ1) is 11.6. The third kappa shape index (κ3) is 2.60. The summed E-state index contributed by atoms with van der Waals surface area (Å²) in [5, 5.41) is 6.71. The molecule has 0 aliphatic carbocycles. The van der Waals surface area contributed by atoms with Crippen molar-refractivity contribution in [2.24, 2.45) is 0 Å². The molecule has 1 N–H and O–H groups in total. The van der Waals surface area contributed by atoms with E-state index in [2.05, 4.69) is 24.5 Å². The lowest BCUT2D eigenvalue weighted by molar-refractivity contribution is 0.591. The Morgan fingerprint density at radius 3 is 2.94 bits per heavy atom. The maximum Gasteiger partial charge on any atom is 0.124 e. The molecule has 1 aromatic carbocycles. The van der Waals surface area contributed by atoms with Gasteiger partial charge in [0.05, 0.1) is 0 Å². The maximum absolute atomic E-state index is 13.0. The van der Waals surface area contributed by atoms with E-state index in [1.54, 1.807) is 17.4 Å². The Morgan fingerprint density at radius 1 is 1.38 bits per heavy atom. The summed E-state index contributed by atoms with van der Waals surface area (Å²) in [6, 6.07) is 5.54. The van der Waals surface area contributed by atoms with Gasteiger partial charge in [0, 0.05) is 10.7 Å². The Hall–Kier alpha value is -0.930. The monoisotopic (exact) mass is 237 g/mol. The molecule has 0 fully saturated rings. The molecule has 1 nitrogen and oxygen atoms in total. The van der Waals surface area contributed by atoms with Crippen molar-refractivity contribution in [1.29, 1.82) is 0 Å². The molecule has 86 valence electrons. The lowest BCUT2D eigenvalue weighted by Gasteiger charge is -2.06. The van der Waals surface area contributed by atoms with E-state index in [1.807, 2.05) is 6.07 Å². The van der Waals surface area contributed by atoms with E-state index in [0.29, 0.717) is 6.04 Å². The number of hydrogen-bond acceptors (Lipinski definition) is 2. The molecule has 16 heavy (non-hydrogen) atoms. The Bertz CT molecular complexity index is 476. The summed E-state index contributed by atoms with van der Waals surface area (Å²) >= 11 is 1.62. The average molecular weight is 237 g/mol. The summed E-state index contributed by atoms with van der Waals surface area (Å²) in [4.78, 5) is 0. The molecule has 0 spiro atoms. The highest BCUT2D eigenvalue weighted by atomic mass is 32.1. The highest BCUT2D eigenvalue weighted by molar-refractivity contribution is 7.17. The summed E-state index contributed by atoms with van der Waals surface area (Å²) in [6.07, 6.45) is 1.00. The second-order valence-electron chi connectivity index (χ2n) is 4.26. The van der Waals surface area contributed by atoms with Crippen LogP contribution in [0.4, 0.5) is 4.39 Å². The molecule has 0 aliphatic heterocycles. The van der Waals surface area contributed by atoms with Gasteiger partial charge in [-0.05, 0) is 41.4 Å². The van der Waals surface area contributed by atoms with Gasteiger partial charge in [-0.1, -0.05) is 19.9 Å². The van der Waals surface area contributed by atoms with E-state index in [0.717, 1.165) is 17.7 Å². The lowest BCUT2D eigenvalue weighted by Crippen LogP contribution is -2.24. The van der Waals surface area contributed by atoms with Gasteiger partial charge in [0.2, 0.25) is 0 Å². The van der Waals surface area contributed by atoms with Crippen molar-refractivity contribution in [2.75, 3.05) is 6.54 Å². The number of rotatable bonds is 4. The summed E-state index contributed by atoms with van der Waals surface area (Å²) < 4.78 is 14.0. The van der Waals surface area contributed by atoms with Crippen molar-refractivity contribution < 1.29 is 4.39 Å². The predicted octanol–water partition coefficient (Wildman–Crippen LogP) is 3.58. The minimum Gasteiger partial charge on any atom is -0.314 e. The van der Waals surface area contributed by atoms with Crippen LogP contribution in [-0.2, 0) is 6.42 Å². The molecule has 0 amide bonds. The molecule has 0 saturated carbocycles. The zero-order chi connectivity index (χ0) is 11.5. The molecule has 0 radical (unpaired) electrons. The maximum atomic E-state index is 13.0.